The fourth-order valence-electron chi connectivity index (χ4n) is 3.69. The number of primary amides is 1. The van der Waals surface area contributed by atoms with Gasteiger partial charge in [0.05, 0.1) is 22.8 Å². The van der Waals surface area contributed by atoms with E-state index in [0.29, 0.717) is 0 Å². The number of carbonyl (C=O) groups is 1. The third-order valence-corrected chi connectivity index (χ3v) is 5.28. The Morgan fingerprint density at radius 3 is 1.57 bits per heavy atom. The first-order valence-corrected chi connectivity index (χ1v) is 11.2. The summed E-state index contributed by atoms with van der Waals surface area (Å²) in [5.41, 5.74) is 13.8. The van der Waals surface area contributed by atoms with Gasteiger partial charge >= 0.3 is 0 Å². The third kappa shape index (κ3) is 5.89. The summed E-state index contributed by atoms with van der Waals surface area (Å²) in [4.78, 5) is 26.3. The Balaban J connectivity index is 0.000000195. The van der Waals surface area contributed by atoms with E-state index in [1.54, 1.807) is 6.08 Å². The molecule has 6 nitrogen and oxygen atoms in total. The second-order valence-corrected chi connectivity index (χ2v) is 8.05. The van der Waals surface area contributed by atoms with Crippen LogP contribution in [0.4, 0.5) is 0 Å². The van der Waals surface area contributed by atoms with Crippen molar-refractivity contribution in [2.45, 2.75) is 0 Å². The molecule has 4 N–H and O–H groups in total. The molecule has 3 aromatic heterocycles. The van der Waals surface area contributed by atoms with E-state index >= 15 is 0 Å². The molecule has 6 heteroatoms. The van der Waals surface area contributed by atoms with E-state index in [0.717, 1.165) is 50.4 Å². The predicted molar refractivity (Wildman–Crippen MR) is 144 cm³/mol. The third-order valence-electron chi connectivity index (χ3n) is 5.28. The average molecular weight is 458 g/mol. The van der Waals surface area contributed by atoms with Gasteiger partial charge in [0, 0.05) is 28.1 Å². The molecule has 5 heterocycles. The summed E-state index contributed by atoms with van der Waals surface area (Å²) in [5.74, 6) is -0.422. The summed E-state index contributed by atoms with van der Waals surface area (Å²) >= 11 is 0. The Hall–Kier alpha value is -4.97. The molecular formula is C29H23N5O. The average Bonchev–Trinajstić information content (AvgIpc) is 3.65. The molecule has 0 spiro atoms. The van der Waals surface area contributed by atoms with Crippen LogP contribution in [-0.4, -0.2) is 25.8 Å². The number of nitrogens with two attached hydrogens (primary N) is 1. The number of benzene rings is 1. The van der Waals surface area contributed by atoms with Crippen molar-refractivity contribution in [1.29, 1.82) is 0 Å². The Morgan fingerprint density at radius 2 is 1.09 bits per heavy atom. The first-order valence-electron chi connectivity index (χ1n) is 11.2. The summed E-state index contributed by atoms with van der Waals surface area (Å²) in [7, 11) is 0. The molecule has 0 saturated carbocycles. The maximum absolute atomic E-state index is 10.3. The van der Waals surface area contributed by atoms with Gasteiger partial charge in [-0.1, -0.05) is 30.3 Å². The minimum Gasteiger partial charge on any atom is -0.366 e. The Labute approximate surface area is 202 Å². The second-order valence-electron chi connectivity index (χ2n) is 8.05. The van der Waals surface area contributed by atoms with Crippen molar-refractivity contribution in [2.75, 3.05) is 0 Å². The zero-order valence-electron chi connectivity index (χ0n) is 18.8. The number of H-pyrrole nitrogens is 2. The van der Waals surface area contributed by atoms with Crippen molar-refractivity contribution in [3.63, 3.8) is 0 Å². The summed E-state index contributed by atoms with van der Waals surface area (Å²) in [6, 6.07) is 25.9. The summed E-state index contributed by atoms with van der Waals surface area (Å²) < 4.78 is 0. The van der Waals surface area contributed by atoms with E-state index in [4.69, 9.17) is 5.73 Å². The van der Waals surface area contributed by atoms with E-state index in [-0.39, 0.29) is 0 Å². The van der Waals surface area contributed by atoms with Crippen molar-refractivity contribution < 1.29 is 4.79 Å². The topological polar surface area (TPSA) is 100 Å². The maximum atomic E-state index is 10.3. The molecular weight excluding hydrogens is 434 g/mol. The van der Waals surface area contributed by atoms with Gasteiger partial charge in [0.15, 0.2) is 0 Å². The van der Waals surface area contributed by atoms with Gasteiger partial charge in [-0.3, -0.25) is 4.79 Å². The van der Waals surface area contributed by atoms with Crippen LogP contribution in [-0.2, 0) is 4.79 Å². The van der Waals surface area contributed by atoms with Gasteiger partial charge in [-0.05, 0) is 84.5 Å². The predicted octanol–water partition coefficient (Wildman–Crippen LogP) is 5.84. The molecule has 1 aromatic carbocycles. The number of carbonyl (C=O) groups excluding carboxylic acids is 1. The largest absolute Gasteiger partial charge is 0.366 e. The van der Waals surface area contributed by atoms with Crippen molar-refractivity contribution in [1.82, 2.24) is 19.9 Å². The quantitative estimate of drug-likeness (QED) is 0.285. The Morgan fingerprint density at radius 1 is 0.629 bits per heavy atom. The van der Waals surface area contributed by atoms with E-state index in [1.165, 1.54) is 6.08 Å². The molecule has 0 atom stereocenters. The first kappa shape index (κ1) is 21.9. The maximum Gasteiger partial charge on any atom is 0.241 e. The molecule has 0 aliphatic carbocycles. The van der Waals surface area contributed by atoms with Gasteiger partial charge in [0.25, 0.3) is 0 Å². The number of fused-ring (bicyclic) bond motifs is 8. The molecule has 4 aromatic rings. The number of aromatic nitrogens is 4. The fraction of sp³-hybridized carbons (Fsp3) is 0. The molecule has 0 fully saturated rings. The lowest BCUT2D eigenvalue weighted by molar-refractivity contribution is -0.113. The molecule has 0 saturated heterocycles. The van der Waals surface area contributed by atoms with Crippen LogP contribution in [0, 0.1) is 0 Å². The molecule has 0 radical (unpaired) electrons. The molecule has 6 rings (SSSR count). The Bertz CT molecular complexity index is 1530. The van der Waals surface area contributed by atoms with Gasteiger partial charge in [0.2, 0.25) is 5.91 Å². The summed E-state index contributed by atoms with van der Waals surface area (Å²) in [6.07, 6.45) is 11.1. The Kier molecular flexibility index (Phi) is 6.17. The zero-order chi connectivity index (χ0) is 24.0. The highest BCUT2D eigenvalue weighted by Crippen LogP contribution is 2.17. The molecule has 2 aliphatic rings. The smallest absolute Gasteiger partial charge is 0.241 e. The molecule has 1 amide bonds. The number of nitrogens with one attached hydrogen (secondary N) is 2. The minimum absolute atomic E-state index is 0.422. The van der Waals surface area contributed by atoms with Gasteiger partial charge in [0.1, 0.15) is 0 Å². The van der Waals surface area contributed by atoms with Crippen LogP contribution in [0.3, 0.4) is 0 Å². The second kappa shape index (κ2) is 9.89. The van der Waals surface area contributed by atoms with E-state index in [1.807, 2.05) is 72.8 Å². The molecule has 8 bridgehead atoms. The highest BCUT2D eigenvalue weighted by Gasteiger charge is 2.02. The summed E-state index contributed by atoms with van der Waals surface area (Å²) in [5, 5.41) is 0. The van der Waals surface area contributed by atoms with E-state index < -0.39 is 5.91 Å². The zero-order valence-corrected chi connectivity index (χ0v) is 18.8. The highest BCUT2D eigenvalue weighted by atomic mass is 16.1. The van der Waals surface area contributed by atoms with Gasteiger partial charge < -0.3 is 15.7 Å². The summed E-state index contributed by atoms with van der Waals surface area (Å²) in [6.45, 7) is 0. The monoisotopic (exact) mass is 457 g/mol. The van der Waals surface area contributed by atoms with Crippen LogP contribution in [0.2, 0.25) is 0 Å². The normalized spacial score (nSPS) is 11.9. The number of nitrogens with zero attached hydrogens (tertiary/aromatic N) is 2. The van der Waals surface area contributed by atoms with Gasteiger partial charge in [-0.25, -0.2) is 9.97 Å². The lowest BCUT2D eigenvalue weighted by atomic mass is 10.2. The number of aromatic amines is 2. The number of hydrogen-bond acceptors (Lipinski definition) is 3. The van der Waals surface area contributed by atoms with Crippen LogP contribution in [0.15, 0.2) is 84.9 Å². The molecule has 2 aliphatic heterocycles. The van der Waals surface area contributed by atoms with Crippen molar-refractivity contribution in [3.05, 3.63) is 113 Å². The van der Waals surface area contributed by atoms with E-state index in [2.05, 4.69) is 50.3 Å². The molecule has 170 valence electrons. The van der Waals surface area contributed by atoms with Crippen molar-refractivity contribution in [2.24, 2.45) is 5.73 Å². The first-order chi connectivity index (χ1) is 17.1. The molecule has 0 unspecified atom stereocenters. The van der Waals surface area contributed by atoms with E-state index in [9.17, 15) is 4.79 Å². The SMILES string of the molecule is C1=Cc2cc3ccc(cc4ccc(cc5nc(cc1n2)C=C5)[nH]4)[nH]3.NC(=O)C=Cc1ccccc1. The number of hydrogen-bond donors (Lipinski definition) is 3. The lowest BCUT2D eigenvalue weighted by Gasteiger charge is -1.88. The minimum atomic E-state index is -0.422. The van der Waals surface area contributed by atoms with Crippen molar-refractivity contribution >= 4 is 58.4 Å². The number of rotatable bonds is 2. The van der Waals surface area contributed by atoms with Gasteiger partial charge in [-0.2, -0.15) is 0 Å². The van der Waals surface area contributed by atoms with Crippen LogP contribution >= 0.6 is 0 Å². The lowest BCUT2D eigenvalue weighted by Crippen LogP contribution is -2.04. The highest BCUT2D eigenvalue weighted by molar-refractivity contribution is 5.90. The van der Waals surface area contributed by atoms with Crippen LogP contribution < -0.4 is 5.73 Å². The number of amides is 1. The van der Waals surface area contributed by atoms with Crippen molar-refractivity contribution in [3.8, 4) is 0 Å². The fourth-order valence-corrected chi connectivity index (χ4v) is 3.69. The molecule has 35 heavy (non-hydrogen) atoms. The van der Waals surface area contributed by atoms with Gasteiger partial charge in [-0.15, -0.1) is 0 Å². The van der Waals surface area contributed by atoms with Crippen LogP contribution in [0.1, 0.15) is 28.3 Å². The standard InChI is InChI=1S/C20H14N4.C9H9NO/c1-2-14-10-16-5-6-18(23-16)12-20-8-7-19(24-20)11-17-4-3-15(22-17)9-13(1)21-14;10-9(11)7-6-8-4-2-1-3-5-8/h1-12,21-22H;1-7H,(H2,10,11). The van der Waals surface area contributed by atoms with Crippen LogP contribution in [0.5, 0.6) is 0 Å². The van der Waals surface area contributed by atoms with Crippen LogP contribution in [0.25, 0.3) is 52.4 Å².